The number of nitrogens with two attached hydrogens (primary N) is 1. The van der Waals surface area contributed by atoms with Crippen LogP contribution >= 0.6 is 23.5 Å². The summed E-state index contributed by atoms with van der Waals surface area (Å²) < 4.78 is 52.1. The number of carboxylic acid groups (broad SMARTS) is 1. The van der Waals surface area contributed by atoms with Crippen molar-refractivity contribution < 1.29 is 52.0 Å². The lowest BCUT2D eigenvalue weighted by molar-refractivity contribution is 0.0696. The number of hydrogen-bond acceptors (Lipinski definition) is 15. The number of amides is 2. The molecular weight excluding hydrogens is 861 g/mol. The van der Waals surface area contributed by atoms with E-state index in [4.69, 9.17) is 29.8 Å². The van der Waals surface area contributed by atoms with Crippen molar-refractivity contribution in [3.8, 4) is 11.5 Å². The lowest BCUT2D eigenvalue weighted by Gasteiger charge is -2.34. The molecule has 63 heavy (non-hydrogen) atoms. The Morgan fingerprint density at radius 3 is 1.57 bits per heavy atom. The molecule has 0 saturated carbocycles. The Hall–Kier alpha value is -5.86. The highest BCUT2D eigenvalue weighted by atomic mass is 32.2. The van der Waals surface area contributed by atoms with Crippen LogP contribution in [-0.4, -0.2) is 132 Å². The molecule has 2 aromatic heterocycles. The maximum atomic E-state index is 15.0. The summed E-state index contributed by atoms with van der Waals surface area (Å²) in [4.78, 5) is 61.8. The summed E-state index contributed by atoms with van der Waals surface area (Å²) in [6.07, 6.45) is 4.72. The molecule has 16 nitrogen and oxygen atoms in total. The van der Waals surface area contributed by atoms with Crippen molar-refractivity contribution in [3.63, 3.8) is 0 Å². The Labute approximate surface area is 370 Å². The number of carboxylic acids is 1. The Bertz CT molecular complexity index is 2310. The Morgan fingerprint density at radius 2 is 1.13 bits per heavy atom. The van der Waals surface area contributed by atoms with E-state index in [0.29, 0.717) is 52.8 Å². The number of benzene rings is 2. The van der Waals surface area contributed by atoms with Gasteiger partial charge >= 0.3 is 18.2 Å². The zero-order chi connectivity index (χ0) is 44.0. The maximum Gasteiger partial charge on any atom is 0.415 e. The van der Waals surface area contributed by atoms with Crippen LogP contribution in [-0.2, 0) is 9.47 Å². The van der Waals surface area contributed by atoms with Gasteiger partial charge in [-0.05, 0) is 30.7 Å². The van der Waals surface area contributed by atoms with Crippen LogP contribution in [0.15, 0.2) is 73.3 Å². The van der Waals surface area contributed by atoms with Gasteiger partial charge in [0.05, 0.1) is 28.3 Å². The molecule has 0 bridgehead atoms. The van der Waals surface area contributed by atoms with Crippen LogP contribution in [0.2, 0.25) is 0 Å². The Kier molecular flexibility index (Phi) is 13.7. The van der Waals surface area contributed by atoms with Gasteiger partial charge in [0, 0.05) is 117 Å². The molecule has 8 heterocycles. The van der Waals surface area contributed by atoms with Gasteiger partial charge in [0.1, 0.15) is 60.6 Å². The summed E-state index contributed by atoms with van der Waals surface area (Å²) >= 11 is 3.72. The van der Waals surface area contributed by atoms with Gasteiger partial charge in [-0.2, -0.15) is 23.5 Å². The third kappa shape index (κ3) is 9.57. The van der Waals surface area contributed by atoms with Gasteiger partial charge in [-0.1, -0.05) is 0 Å². The van der Waals surface area contributed by atoms with Crippen molar-refractivity contribution in [2.45, 2.75) is 37.1 Å². The molecule has 10 rings (SSSR count). The number of aromatic carboxylic acids is 1. The highest BCUT2D eigenvalue weighted by molar-refractivity contribution is 7.99. The second-order valence-electron chi connectivity index (χ2n) is 15.1. The van der Waals surface area contributed by atoms with Gasteiger partial charge in [0.25, 0.3) is 0 Å². The molecule has 6 aliphatic heterocycles. The first kappa shape index (κ1) is 43.8. The number of rotatable bonds is 8. The first-order valence-electron chi connectivity index (χ1n) is 20.5. The number of carbonyl (C=O) groups is 4. The van der Waals surface area contributed by atoms with Gasteiger partial charge in [-0.15, -0.1) is 0 Å². The van der Waals surface area contributed by atoms with E-state index >= 15 is 0 Å². The molecule has 2 aromatic carbocycles. The molecule has 4 saturated heterocycles. The standard InChI is InChI=1S/C22H22FN3O4S.C15H18FN3O3S.C6H5NO2/c23-15-11-17-21(12-16(15)25-7-9-31-10-8-25)29-13-18-20(30-22(28)26(17)18)2-1-19(27)14-3-5-24-6-4-14;16-9-5-11-13(6-10(9)18-1-3-23-4-2-18)21-8-12-14(7-17)22-15(20)19(11)12;8-6(9)5-1-3-7-4-2-5/h3-6,11-12,18,20H,1-2,7-10,13H2;5-6,12,14H,1-4,7-8,17H2;1-4H,(H,8,9)/t18-,20-;12-,14-;/m00./s1. The number of hydrogen-bond donors (Lipinski definition) is 2. The molecule has 0 unspecified atom stereocenters. The minimum Gasteiger partial charge on any atom is -0.489 e. The normalized spacial score (nSPS) is 22.0. The summed E-state index contributed by atoms with van der Waals surface area (Å²) in [7, 11) is 0. The molecule has 4 fully saturated rings. The number of thioether (sulfide) groups is 2. The van der Waals surface area contributed by atoms with E-state index in [2.05, 4.69) is 9.97 Å². The molecule has 6 aliphatic rings. The summed E-state index contributed by atoms with van der Waals surface area (Å²) in [6, 6.07) is 11.7. The molecular formula is C43H45F2N7O9S2. The number of halogens is 2. The van der Waals surface area contributed by atoms with Crippen LogP contribution in [0.1, 0.15) is 33.6 Å². The van der Waals surface area contributed by atoms with Crippen LogP contribution in [0.3, 0.4) is 0 Å². The van der Waals surface area contributed by atoms with Gasteiger partial charge in [0.15, 0.2) is 5.78 Å². The largest absolute Gasteiger partial charge is 0.489 e. The van der Waals surface area contributed by atoms with E-state index in [1.807, 2.05) is 33.3 Å². The van der Waals surface area contributed by atoms with Gasteiger partial charge in [-0.3, -0.25) is 24.6 Å². The van der Waals surface area contributed by atoms with Crippen molar-refractivity contribution in [1.82, 2.24) is 9.97 Å². The highest BCUT2D eigenvalue weighted by Gasteiger charge is 2.48. The van der Waals surface area contributed by atoms with E-state index in [1.165, 1.54) is 46.5 Å². The van der Waals surface area contributed by atoms with Crippen molar-refractivity contribution in [3.05, 3.63) is 96.1 Å². The van der Waals surface area contributed by atoms with Crippen LogP contribution in [0, 0.1) is 11.6 Å². The number of nitrogens with zero attached hydrogens (tertiary/aromatic N) is 6. The number of Topliss-reactive ketones (excluding diaryl/α,β-unsaturated/α-hetero) is 1. The lowest BCUT2D eigenvalue weighted by Crippen LogP contribution is -2.46. The van der Waals surface area contributed by atoms with Crippen LogP contribution < -0.4 is 34.8 Å². The number of ketones is 1. The second kappa shape index (κ2) is 19.7. The van der Waals surface area contributed by atoms with Gasteiger partial charge in [-0.25, -0.2) is 23.2 Å². The second-order valence-corrected chi connectivity index (χ2v) is 17.5. The zero-order valence-corrected chi connectivity index (χ0v) is 35.6. The summed E-state index contributed by atoms with van der Waals surface area (Å²) in [5.74, 6) is 3.20. The van der Waals surface area contributed by atoms with E-state index < -0.39 is 30.4 Å². The molecule has 0 radical (unpaired) electrons. The van der Waals surface area contributed by atoms with Crippen LogP contribution in [0.5, 0.6) is 11.5 Å². The fourth-order valence-corrected chi connectivity index (χ4v) is 9.88. The predicted octanol–water partition coefficient (Wildman–Crippen LogP) is 5.73. The predicted molar refractivity (Wildman–Crippen MR) is 234 cm³/mol. The van der Waals surface area contributed by atoms with Crippen LogP contribution in [0.4, 0.5) is 41.1 Å². The first-order valence-corrected chi connectivity index (χ1v) is 22.8. The Balaban J connectivity index is 0.000000149. The van der Waals surface area contributed by atoms with Gasteiger partial charge < -0.3 is 39.6 Å². The van der Waals surface area contributed by atoms with E-state index in [0.717, 1.165) is 49.2 Å². The molecule has 2 amide bonds. The van der Waals surface area contributed by atoms with Crippen molar-refractivity contribution in [2.75, 3.05) is 88.5 Å². The van der Waals surface area contributed by atoms with E-state index in [9.17, 15) is 28.0 Å². The number of anilines is 4. The molecule has 332 valence electrons. The van der Waals surface area contributed by atoms with Crippen molar-refractivity contribution >= 4 is 70.2 Å². The highest BCUT2D eigenvalue weighted by Crippen LogP contribution is 2.44. The van der Waals surface area contributed by atoms with E-state index in [1.54, 1.807) is 36.7 Å². The SMILES string of the molecule is NC[C@@H]1OC(=O)N2c3cc(F)c(N4CCSCC4)cc3OC[C@@H]12.O=C(CC[C@@H]1OC(=O)N2c3cc(F)c(N4CCSCC4)cc3OC[C@@H]12)c1ccncc1.O=C(O)c1ccncc1. The third-order valence-electron chi connectivity index (χ3n) is 11.3. The summed E-state index contributed by atoms with van der Waals surface area (Å²) in [6.45, 7) is 3.95. The fraction of sp³-hybridized carbons (Fsp3) is 0.395. The lowest BCUT2D eigenvalue weighted by atomic mass is 10.00. The smallest absolute Gasteiger partial charge is 0.415 e. The number of ether oxygens (including phenoxy) is 4. The van der Waals surface area contributed by atoms with E-state index in [-0.39, 0.29) is 54.6 Å². The monoisotopic (exact) mass is 905 g/mol. The molecule has 0 spiro atoms. The quantitative estimate of drug-likeness (QED) is 0.204. The number of pyridine rings is 2. The minimum absolute atomic E-state index is 0.0376. The number of aromatic nitrogens is 2. The molecule has 4 aromatic rings. The zero-order valence-electron chi connectivity index (χ0n) is 34.0. The first-order chi connectivity index (χ1) is 30.6. The molecule has 20 heteroatoms. The average molecular weight is 906 g/mol. The van der Waals surface area contributed by atoms with Crippen molar-refractivity contribution in [2.24, 2.45) is 5.73 Å². The van der Waals surface area contributed by atoms with Gasteiger partial charge in [0.2, 0.25) is 0 Å². The molecule has 0 aliphatic carbocycles. The Morgan fingerprint density at radius 1 is 0.683 bits per heavy atom. The number of carbonyl (C=O) groups excluding carboxylic acids is 3. The number of fused-ring (bicyclic) bond motifs is 6. The fourth-order valence-electron chi connectivity index (χ4n) is 8.07. The third-order valence-corrected chi connectivity index (χ3v) is 13.2. The maximum absolute atomic E-state index is 15.0. The molecule has 3 N–H and O–H groups in total. The average Bonchev–Trinajstić information content (AvgIpc) is 3.84. The summed E-state index contributed by atoms with van der Waals surface area (Å²) in [5.41, 5.74) is 8.33. The molecule has 4 atom stereocenters. The van der Waals surface area contributed by atoms with Crippen molar-refractivity contribution in [1.29, 1.82) is 0 Å². The number of cyclic esters (lactones) is 2. The topological polar surface area (TPSA) is 190 Å². The van der Waals surface area contributed by atoms with Crippen LogP contribution in [0.25, 0.3) is 0 Å². The minimum atomic E-state index is -0.919. The summed E-state index contributed by atoms with van der Waals surface area (Å²) in [5, 5.41) is 8.36.